The molecule has 0 unspecified atom stereocenters. The summed E-state index contributed by atoms with van der Waals surface area (Å²) >= 11 is 0. The zero-order valence-corrected chi connectivity index (χ0v) is 12.0. The van der Waals surface area contributed by atoms with Gasteiger partial charge in [0.15, 0.2) is 12.4 Å². The minimum absolute atomic E-state index is 0.235. The Morgan fingerprint density at radius 3 is 2.70 bits per heavy atom. The number of para-hydroxylation sites is 1. The van der Waals surface area contributed by atoms with Crippen LogP contribution in [0.1, 0.15) is 10.4 Å². The highest BCUT2D eigenvalue weighted by Gasteiger charge is 2.46. The number of carbonyl (C=O) groups is 1. The largest absolute Gasteiger partial charge is 0.450 e. The first-order chi connectivity index (χ1) is 11.0. The first-order valence-electron chi connectivity index (χ1n) is 7.10. The van der Waals surface area contributed by atoms with E-state index in [9.17, 15) is 20.1 Å². The summed E-state index contributed by atoms with van der Waals surface area (Å²) in [5.41, 5.74) is 0.972. The first-order valence-corrected chi connectivity index (χ1v) is 7.10. The highest BCUT2D eigenvalue weighted by atomic mass is 16.7. The van der Waals surface area contributed by atoms with Crippen LogP contribution in [0.5, 0.6) is 0 Å². The van der Waals surface area contributed by atoms with E-state index in [1.807, 2.05) is 6.07 Å². The highest BCUT2D eigenvalue weighted by Crippen LogP contribution is 2.25. The molecule has 23 heavy (non-hydrogen) atoms. The van der Waals surface area contributed by atoms with E-state index >= 15 is 0 Å². The number of aliphatic hydroxyl groups is 4. The predicted octanol–water partition coefficient (Wildman–Crippen LogP) is -0.875. The monoisotopic (exact) mass is 323 g/mol. The zero-order chi connectivity index (χ0) is 16.6. The van der Waals surface area contributed by atoms with Crippen LogP contribution >= 0.6 is 0 Å². The van der Waals surface area contributed by atoms with E-state index in [1.54, 1.807) is 18.2 Å². The van der Waals surface area contributed by atoms with Gasteiger partial charge in [-0.25, -0.2) is 4.79 Å². The number of aromatic amines is 1. The summed E-state index contributed by atoms with van der Waals surface area (Å²) in [6, 6.07) is 7.08. The molecule has 8 nitrogen and oxygen atoms in total. The van der Waals surface area contributed by atoms with Crippen molar-refractivity contribution in [2.45, 2.75) is 30.7 Å². The quantitative estimate of drug-likeness (QED) is 0.464. The second-order valence-corrected chi connectivity index (χ2v) is 5.35. The molecule has 0 aliphatic carbocycles. The normalized spacial score (nSPS) is 31.2. The Balaban J connectivity index is 1.79. The molecule has 1 aliphatic heterocycles. The van der Waals surface area contributed by atoms with Crippen molar-refractivity contribution in [2.75, 3.05) is 6.61 Å². The number of esters is 1. The van der Waals surface area contributed by atoms with E-state index in [2.05, 4.69) is 4.98 Å². The van der Waals surface area contributed by atoms with Crippen LogP contribution in [-0.2, 0) is 9.47 Å². The SMILES string of the molecule is O=C(O[C@H]1[C@@H](O)[C@H](O)[C@@H](CO)O[C@@H]1O)c1c[nH]c2ccccc12. The van der Waals surface area contributed by atoms with Gasteiger partial charge in [-0.2, -0.15) is 0 Å². The maximum absolute atomic E-state index is 12.3. The third-order valence-electron chi connectivity index (χ3n) is 3.89. The number of aliphatic hydroxyl groups excluding tert-OH is 4. The number of fused-ring (bicyclic) bond motifs is 1. The van der Waals surface area contributed by atoms with Gasteiger partial charge in [0.05, 0.1) is 12.2 Å². The lowest BCUT2D eigenvalue weighted by molar-refractivity contribution is -0.285. The van der Waals surface area contributed by atoms with E-state index in [1.165, 1.54) is 6.20 Å². The molecule has 8 heteroatoms. The number of hydrogen-bond donors (Lipinski definition) is 5. The summed E-state index contributed by atoms with van der Waals surface area (Å²) in [4.78, 5) is 15.2. The van der Waals surface area contributed by atoms with Crippen LogP contribution in [-0.4, -0.2) is 68.7 Å². The third-order valence-corrected chi connectivity index (χ3v) is 3.89. The summed E-state index contributed by atoms with van der Waals surface area (Å²) in [6.45, 7) is -0.585. The van der Waals surface area contributed by atoms with Crippen molar-refractivity contribution in [1.82, 2.24) is 4.98 Å². The molecule has 0 radical (unpaired) electrons. The molecule has 0 amide bonds. The van der Waals surface area contributed by atoms with Gasteiger partial charge in [-0.3, -0.25) is 0 Å². The lowest BCUT2D eigenvalue weighted by Crippen LogP contribution is -2.59. The molecule has 0 spiro atoms. The number of carbonyl (C=O) groups excluding carboxylic acids is 1. The van der Waals surface area contributed by atoms with Crippen molar-refractivity contribution < 1.29 is 34.7 Å². The van der Waals surface area contributed by atoms with Gasteiger partial charge in [-0.15, -0.1) is 0 Å². The number of ether oxygens (including phenoxy) is 2. The molecule has 5 N–H and O–H groups in total. The third kappa shape index (κ3) is 2.82. The molecule has 2 heterocycles. The summed E-state index contributed by atoms with van der Waals surface area (Å²) in [5, 5.41) is 39.3. The number of benzene rings is 1. The van der Waals surface area contributed by atoms with Gasteiger partial charge in [0.1, 0.15) is 18.3 Å². The smallest absolute Gasteiger partial charge is 0.340 e. The Kier molecular flexibility index (Phi) is 4.33. The predicted molar refractivity (Wildman–Crippen MR) is 77.5 cm³/mol. The van der Waals surface area contributed by atoms with Crippen molar-refractivity contribution in [3.8, 4) is 0 Å². The summed E-state index contributed by atoms with van der Waals surface area (Å²) in [6.07, 6.45) is -5.87. The van der Waals surface area contributed by atoms with Crippen LogP contribution in [0.3, 0.4) is 0 Å². The number of rotatable bonds is 3. The van der Waals surface area contributed by atoms with Gasteiger partial charge in [-0.1, -0.05) is 18.2 Å². The fourth-order valence-electron chi connectivity index (χ4n) is 2.63. The highest BCUT2D eigenvalue weighted by molar-refractivity contribution is 6.04. The number of nitrogens with one attached hydrogen (secondary N) is 1. The van der Waals surface area contributed by atoms with Crippen molar-refractivity contribution in [1.29, 1.82) is 0 Å². The minimum Gasteiger partial charge on any atom is -0.450 e. The Hall–Kier alpha value is -1.97. The molecule has 124 valence electrons. The van der Waals surface area contributed by atoms with Crippen LogP contribution in [0, 0.1) is 0 Å². The molecule has 1 saturated heterocycles. The molecule has 0 saturated carbocycles. The Bertz CT molecular complexity index is 700. The molecule has 0 bridgehead atoms. The van der Waals surface area contributed by atoms with E-state index in [-0.39, 0.29) is 5.56 Å². The van der Waals surface area contributed by atoms with Crippen LogP contribution in [0.25, 0.3) is 10.9 Å². The van der Waals surface area contributed by atoms with Crippen molar-refractivity contribution in [2.24, 2.45) is 0 Å². The number of aromatic nitrogens is 1. The van der Waals surface area contributed by atoms with E-state index in [0.29, 0.717) is 5.39 Å². The van der Waals surface area contributed by atoms with Crippen molar-refractivity contribution in [3.05, 3.63) is 36.0 Å². The summed E-state index contributed by atoms with van der Waals surface area (Å²) in [5.74, 6) is -0.774. The van der Waals surface area contributed by atoms with E-state index < -0.39 is 43.3 Å². The second kappa shape index (κ2) is 6.26. The van der Waals surface area contributed by atoms with Crippen LogP contribution in [0.15, 0.2) is 30.5 Å². The molecule has 3 rings (SSSR count). The molecular formula is C15H17NO7. The number of H-pyrrole nitrogens is 1. The van der Waals surface area contributed by atoms with Gasteiger partial charge in [-0.05, 0) is 6.07 Å². The van der Waals surface area contributed by atoms with Crippen molar-refractivity contribution >= 4 is 16.9 Å². The van der Waals surface area contributed by atoms with Crippen LogP contribution < -0.4 is 0 Å². The van der Waals surface area contributed by atoms with Gasteiger partial charge >= 0.3 is 5.97 Å². The topological polar surface area (TPSA) is 132 Å². The summed E-state index contributed by atoms with van der Waals surface area (Å²) < 4.78 is 10.1. The van der Waals surface area contributed by atoms with Gasteiger partial charge in [0, 0.05) is 17.1 Å². The second-order valence-electron chi connectivity index (χ2n) is 5.35. The van der Waals surface area contributed by atoms with Crippen molar-refractivity contribution in [3.63, 3.8) is 0 Å². The standard InChI is InChI=1S/C15H17NO7/c17-6-10-11(18)12(19)13(15(21)22-10)23-14(20)8-5-16-9-4-2-1-3-7(8)9/h1-5,10-13,15-19,21H,6H2/t10-,11-,12+,13+,15+/m1/s1. The Labute approximate surface area is 130 Å². The molecule has 1 fully saturated rings. The number of hydrogen-bond acceptors (Lipinski definition) is 7. The summed E-state index contributed by atoms with van der Waals surface area (Å²) in [7, 11) is 0. The van der Waals surface area contributed by atoms with Gasteiger partial charge < -0.3 is 34.9 Å². The Morgan fingerprint density at radius 1 is 1.22 bits per heavy atom. The molecular weight excluding hydrogens is 306 g/mol. The van der Waals surface area contributed by atoms with Crippen LogP contribution in [0.4, 0.5) is 0 Å². The molecule has 2 aromatic rings. The molecule has 1 aliphatic rings. The Morgan fingerprint density at radius 2 is 1.96 bits per heavy atom. The van der Waals surface area contributed by atoms with Gasteiger partial charge in [0.2, 0.25) is 0 Å². The molecule has 5 atom stereocenters. The fourth-order valence-corrected chi connectivity index (χ4v) is 2.63. The first kappa shape index (κ1) is 15.9. The lowest BCUT2D eigenvalue weighted by Gasteiger charge is -2.39. The van der Waals surface area contributed by atoms with Gasteiger partial charge in [0.25, 0.3) is 0 Å². The molecule has 1 aromatic heterocycles. The average Bonchev–Trinajstić information content (AvgIpc) is 2.99. The molecule has 1 aromatic carbocycles. The zero-order valence-electron chi connectivity index (χ0n) is 12.0. The minimum atomic E-state index is -1.65. The maximum atomic E-state index is 12.3. The average molecular weight is 323 g/mol. The van der Waals surface area contributed by atoms with E-state index in [4.69, 9.17) is 14.6 Å². The maximum Gasteiger partial charge on any atom is 0.340 e. The van der Waals surface area contributed by atoms with E-state index in [0.717, 1.165) is 5.52 Å². The lowest BCUT2D eigenvalue weighted by atomic mass is 9.99. The van der Waals surface area contributed by atoms with Crippen LogP contribution in [0.2, 0.25) is 0 Å². The fraction of sp³-hybridized carbons (Fsp3) is 0.400.